The average molecular weight is 412 g/mol. The molecule has 1 aromatic rings. The maximum atomic E-state index is 12.3. The van der Waals surface area contributed by atoms with Gasteiger partial charge in [-0.15, -0.1) is 0 Å². The first-order chi connectivity index (χ1) is 13.8. The van der Waals surface area contributed by atoms with E-state index in [1.54, 1.807) is 4.90 Å². The monoisotopic (exact) mass is 412 g/mol. The molecule has 0 atom stereocenters. The molecule has 2 heterocycles. The summed E-state index contributed by atoms with van der Waals surface area (Å²) in [4.78, 5) is 14.1. The zero-order valence-corrected chi connectivity index (χ0v) is 19.2. The molecular formula is C23H33BN2O4. The topological polar surface area (TPSA) is 71.8 Å². The minimum absolute atomic E-state index is 0.255. The van der Waals surface area contributed by atoms with Crippen LogP contribution < -0.4 is 5.46 Å². The molecule has 0 aliphatic carbocycles. The fourth-order valence-electron chi connectivity index (χ4n) is 3.82. The predicted molar refractivity (Wildman–Crippen MR) is 117 cm³/mol. The molecule has 162 valence electrons. The Morgan fingerprint density at radius 1 is 1.17 bits per heavy atom. The van der Waals surface area contributed by atoms with Crippen molar-refractivity contribution in [1.29, 1.82) is 5.26 Å². The molecule has 0 radical (unpaired) electrons. The number of likely N-dealkylation sites (tertiary alicyclic amines) is 1. The van der Waals surface area contributed by atoms with Gasteiger partial charge in [-0.1, -0.05) is 12.1 Å². The van der Waals surface area contributed by atoms with E-state index in [2.05, 4.69) is 12.1 Å². The minimum atomic E-state index is -0.548. The number of benzene rings is 1. The summed E-state index contributed by atoms with van der Waals surface area (Å²) in [6.45, 7) is 15.0. The molecule has 0 unspecified atom stereocenters. The normalized spacial score (nSPS) is 21.4. The molecule has 0 N–H and O–H groups in total. The van der Waals surface area contributed by atoms with E-state index in [0.29, 0.717) is 24.6 Å². The summed E-state index contributed by atoms with van der Waals surface area (Å²) in [7, 11) is -0.548. The Bertz CT molecular complexity index is 830. The van der Waals surface area contributed by atoms with Crippen molar-refractivity contribution in [2.45, 2.75) is 84.0 Å². The second-order valence-corrected chi connectivity index (χ2v) is 10.3. The summed E-state index contributed by atoms with van der Waals surface area (Å²) in [5.41, 5.74) is 1.09. The highest BCUT2D eigenvalue weighted by Gasteiger charge is 2.52. The van der Waals surface area contributed by atoms with E-state index in [9.17, 15) is 10.1 Å². The quantitative estimate of drug-likeness (QED) is 0.688. The Morgan fingerprint density at radius 2 is 1.73 bits per heavy atom. The van der Waals surface area contributed by atoms with E-state index in [1.807, 2.05) is 60.6 Å². The number of rotatable bonds is 2. The molecule has 2 aliphatic rings. The lowest BCUT2D eigenvalue weighted by atomic mass is 9.74. The SMILES string of the molecule is CC(C)(C)OC(=O)N1CCC(c2ccc(B3OC(C)(C)C(C)(C)O3)c(C#N)c2)CC1. The van der Waals surface area contributed by atoms with Crippen molar-refractivity contribution in [3.63, 3.8) is 0 Å². The van der Waals surface area contributed by atoms with Crippen molar-refractivity contribution in [1.82, 2.24) is 4.90 Å². The summed E-state index contributed by atoms with van der Waals surface area (Å²) in [6.07, 6.45) is 1.44. The van der Waals surface area contributed by atoms with Crippen LogP contribution in [0.3, 0.4) is 0 Å². The van der Waals surface area contributed by atoms with E-state index in [4.69, 9.17) is 14.0 Å². The van der Waals surface area contributed by atoms with E-state index >= 15 is 0 Å². The zero-order chi connectivity index (χ0) is 22.3. The van der Waals surface area contributed by atoms with Gasteiger partial charge in [0.25, 0.3) is 0 Å². The van der Waals surface area contributed by atoms with Gasteiger partial charge in [-0.2, -0.15) is 5.26 Å². The van der Waals surface area contributed by atoms with Crippen LogP contribution in [0.5, 0.6) is 0 Å². The molecule has 2 aliphatic heterocycles. The molecule has 0 spiro atoms. The molecule has 3 rings (SSSR count). The molecule has 1 amide bonds. The third-order valence-electron chi connectivity index (χ3n) is 6.32. The molecule has 2 saturated heterocycles. The van der Waals surface area contributed by atoms with Crippen LogP contribution in [-0.2, 0) is 14.0 Å². The molecule has 1 aromatic carbocycles. The van der Waals surface area contributed by atoms with Crippen molar-refractivity contribution in [3.05, 3.63) is 29.3 Å². The fraction of sp³-hybridized carbons (Fsp3) is 0.652. The number of carbonyl (C=O) groups is 1. The summed E-state index contributed by atoms with van der Waals surface area (Å²) < 4.78 is 17.7. The van der Waals surface area contributed by atoms with Crippen molar-refractivity contribution in [2.24, 2.45) is 0 Å². The fourth-order valence-corrected chi connectivity index (χ4v) is 3.82. The van der Waals surface area contributed by atoms with Gasteiger partial charge in [0.05, 0.1) is 22.8 Å². The Hall–Kier alpha value is -2.04. The Morgan fingerprint density at radius 3 is 2.23 bits per heavy atom. The van der Waals surface area contributed by atoms with Crippen LogP contribution in [-0.4, -0.2) is 48.0 Å². The van der Waals surface area contributed by atoms with Crippen molar-refractivity contribution in [2.75, 3.05) is 13.1 Å². The standard InChI is InChI=1S/C23H33BN2O4/c1-21(2,3)28-20(27)26-12-10-16(11-13-26)17-8-9-19(18(14-17)15-25)24-29-22(4,5)23(6,7)30-24/h8-9,14,16H,10-13H2,1-7H3. The van der Waals surface area contributed by atoms with E-state index in [0.717, 1.165) is 23.9 Å². The van der Waals surface area contributed by atoms with Crippen LogP contribution in [0, 0.1) is 11.3 Å². The van der Waals surface area contributed by atoms with Gasteiger partial charge in [-0.3, -0.25) is 0 Å². The highest BCUT2D eigenvalue weighted by Crippen LogP contribution is 2.37. The molecule has 0 saturated carbocycles. The van der Waals surface area contributed by atoms with Crippen molar-refractivity contribution >= 4 is 18.7 Å². The van der Waals surface area contributed by atoms with Crippen molar-refractivity contribution < 1.29 is 18.8 Å². The average Bonchev–Trinajstić information content (AvgIpc) is 2.87. The van der Waals surface area contributed by atoms with Crippen LogP contribution in [0.1, 0.15) is 78.4 Å². The first kappa shape index (κ1) is 22.6. The number of piperidine rings is 1. The van der Waals surface area contributed by atoms with Gasteiger partial charge >= 0.3 is 13.2 Å². The van der Waals surface area contributed by atoms with Crippen LogP contribution >= 0.6 is 0 Å². The van der Waals surface area contributed by atoms with Crippen LogP contribution in [0.15, 0.2) is 18.2 Å². The van der Waals surface area contributed by atoms with Gasteiger partial charge in [0, 0.05) is 18.6 Å². The highest BCUT2D eigenvalue weighted by atomic mass is 16.7. The lowest BCUT2D eigenvalue weighted by Crippen LogP contribution is -2.41. The van der Waals surface area contributed by atoms with E-state index in [-0.39, 0.29) is 6.09 Å². The van der Waals surface area contributed by atoms with Gasteiger partial charge in [0.2, 0.25) is 0 Å². The Balaban J connectivity index is 1.70. The summed E-state index contributed by atoms with van der Waals surface area (Å²) >= 11 is 0. The molecule has 6 nitrogen and oxygen atoms in total. The minimum Gasteiger partial charge on any atom is -0.444 e. The van der Waals surface area contributed by atoms with Gasteiger partial charge < -0.3 is 18.9 Å². The second-order valence-electron chi connectivity index (χ2n) is 10.3. The maximum Gasteiger partial charge on any atom is 0.496 e. The molecule has 7 heteroatoms. The van der Waals surface area contributed by atoms with Crippen LogP contribution in [0.4, 0.5) is 4.79 Å². The first-order valence-corrected chi connectivity index (χ1v) is 10.7. The van der Waals surface area contributed by atoms with E-state index in [1.165, 1.54) is 0 Å². The van der Waals surface area contributed by atoms with Crippen molar-refractivity contribution in [3.8, 4) is 6.07 Å². The highest BCUT2D eigenvalue weighted by molar-refractivity contribution is 6.62. The number of carbonyl (C=O) groups excluding carboxylic acids is 1. The van der Waals surface area contributed by atoms with Gasteiger partial charge in [-0.05, 0) is 78.9 Å². The molecular weight excluding hydrogens is 379 g/mol. The third-order valence-corrected chi connectivity index (χ3v) is 6.32. The van der Waals surface area contributed by atoms with Gasteiger partial charge in [0.15, 0.2) is 0 Å². The summed E-state index contributed by atoms with van der Waals surface area (Å²) in [6, 6.07) is 8.29. The number of nitriles is 1. The first-order valence-electron chi connectivity index (χ1n) is 10.7. The van der Waals surface area contributed by atoms with Gasteiger partial charge in [0.1, 0.15) is 5.60 Å². The number of hydrogen-bond acceptors (Lipinski definition) is 5. The van der Waals surface area contributed by atoms with Gasteiger partial charge in [-0.25, -0.2) is 4.79 Å². The molecule has 0 aromatic heterocycles. The predicted octanol–water partition coefficient (Wildman–Crippen LogP) is 3.97. The Kier molecular flexibility index (Phi) is 5.96. The lowest BCUT2D eigenvalue weighted by Gasteiger charge is -2.33. The third kappa shape index (κ3) is 4.65. The smallest absolute Gasteiger partial charge is 0.444 e. The van der Waals surface area contributed by atoms with E-state index < -0.39 is 23.9 Å². The number of nitrogens with zero attached hydrogens (tertiary/aromatic N) is 2. The number of ether oxygens (including phenoxy) is 1. The molecule has 0 bridgehead atoms. The summed E-state index contributed by atoms with van der Waals surface area (Å²) in [5.74, 6) is 0.308. The second kappa shape index (κ2) is 7.90. The summed E-state index contributed by atoms with van der Waals surface area (Å²) in [5, 5.41) is 9.75. The molecule has 2 fully saturated rings. The largest absolute Gasteiger partial charge is 0.496 e. The Labute approximate surface area is 180 Å². The van der Waals surface area contributed by atoms with Crippen LogP contribution in [0.25, 0.3) is 0 Å². The molecule has 30 heavy (non-hydrogen) atoms. The number of hydrogen-bond donors (Lipinski definition) is 0. The lowest BCUT2D eigenvalue weighted by molar-refractivity contribution is 0.00578. The van der Waals surface area contributed by atoms with Crippen LogP contribution in [0.2, 0.25) is 0 Å². The number of amides is 1. The maximum absolute atomic E-state index is 12.3. The zero-order valence-electron chi connectivity index (χ0n) is 19.2.